The summed E-state index contributed by atoms with van der Waals surface area (Å²) < 4.78 is 25.3. The van der Waals surface area contributed by atoms with Gasteiger partial charge in [0, 0.05) is 4.75 Å². The standard InChI is InChI=1S/C7H10O4S.Na/c1-11-5(8)6-2-7(3-6,4-6)12(9)10;/h2-4H2,1H3,(H,9,10);/q;+1/p-1. The number of carbonyl (C=O) groups is 1. The van der Waals surface area contributed by atoms with E-state index in [0.717, 1.165) is 0 Å². The van der Waals surface area contributed by atoms with Gasteiger partial charge in [-0.1, -0.05) is 0 Å². The van der Waals surface area contributed by atoms with E-state index in [4.69, 9.17) is 0 Å². The molecule has 0 spiro atoms. The third-order valence-corrected chi connectivity index (χ3v) is 4.09. The van der Waals surface area contributed by atoms with Crippen molar-refractivity contribution in [3.63, 3.8) is 0 Å². The van der Waals surface area contributed by atoms with Gasteiger partial charge in [-0.2, -0.15) is 0 Å². The molecule has 3 rings (SSSR count). The second-order valence-electron chi connectivity index (χ2n) is 3.72. The van der Waals surface area contributed by atoms with Gasteiger partial charge in [0.05, 0.1) is 12.5 Å². The number of carbonyl (C=O) groups excluding carboxylic acids is 1. The fraction of sp³-hybridized carbons (Fsp3) is 0.857. The predicted molar refractivity (Wildman–Crippen MR) is 40.0 cm³/mol. The van der Waals surface area contributed by atoms with E-state index in [-0.39, 0.29) is 35.5 Å². The first-order valence-corrected chi connectivity index (χ1v) is 4.80. The molecular weight excluding hydrogens is 203 g/mol. The average molecular weight is 212 g/mol. The SMILES string of the molecule is COC(=O)C12CC(S(=O)[O-])(C1)C2.[Na+]. The number of methoxy groups -OCH3 is 1. The maximum absolute atomic E-state index is 11.1. The minimum atomic E-state index is -2.03. The van der Waals surface area contributed by atoms with Crippen molar-refractivity contribution in [3.05, 3.63) is 0 Å². The Kier molecular flexibility index (Phi) is 2.97. The third-order valence-electron chi connectivity index (χ3n) is 2.95. The Balaban J connectivity index is 0.000000845. The second kappa shape index (κ2) is 3.31. The Morgan fingerprint density at radius 3 is 2.23 bits per heavy atom. The summed E-state index contributed by atoms with van der Waals surface area (Å²) in [5.74, 6) is -0.255. The molecule has 1 atom stereocenters. The molecule has 3 aliphatic carbocycles. The van der Waals surface area contributed by atoms with Crippen LogP contribution in [0.4, 0.5) is 0 Å². The van der Waals surface area contributed by atoms with Crippen LogP contribution < -0.4 is 29.6 Å². The summed E-state index contributed by atoms with van der Waals surface area (Å²) in [4.78, 5) is 11.1. The molecule has 4 nitrogen and oxygen atoms in total. The summed E-state index contributed by atoms with van der Waals surface area (Å²) in [6.45, 7) is 0. The molecule has 3 fully saturated rings. The molecule has 13 heavy (non-hydrogen) atoms. The van der Waals surface area contributed by atoms with Gasteiger partial charge in [-0.25, -0.2) is 0 Å². The number of ether oxygens (including phenoxy) is 1. The van der Waals surface area contributed by atoms with Crippen molar-refractivity contribution in [3.8, 4) is 0 Å². The Bertz CT molecular complexity index is 258. The molecule has 0 amide bonds. The van der Waals surface area contributed by atoms with Crippen molar-refractivity contribution in [2.45, 2.75) is 24.0 Å². The van der Waals surface area contributed by atoms with Gasteiger partial charge in [-0.15, -0.1) is 0 Å². The van der Waals surface area contributed by atoms with Crippen LogP contribution in [0.2, 0.25) is 0 Å². The van der Waals surface area contributed by atoms with Crippen molar-refractivity contribution >= 4 is 17.0 Å². The first-order chi connectivity index (χ1) is 5.55. The summed E-state index contributed by atoms with van der Waals surface area (Å²) in [5, 5.41) is 0. The molecule has 6 heteroatoms. The molecule has 0 aromatic heterocycles. The molecule has 0 aromatic carbocycles. The molecule has 1 unspecified atom stereocenters. The first-order valence-electron chi connectivity index (χ1n) is 3.73. The Morgan fingerprint density at radius 1 is 1.46 bits per heavy atom. The fourth-order valence-electron chi connectivity index (χ4n) is 2.30. The minimum Gasteiger partial charge on any atom is -0.772 e. The molecule has 0 aromatic rings. The van der Waals surface area contributed by atoms with Crippen LogP contribution in [0.3, 0.4) is 0 Å². The second-order valence-corrected chi connectivity index (χ2v) is 5.06. The van der Waals surface area contributed by atoms with E-state index in [1.165, 1.54) is 7.11 Å². The minimum absolute atomic E-state index is 0. The van der Waals surface area contributed by atoms with E-state index in [1.54, 1.807) is 0 Å². The number of esters is 1. The van der Waals surface area contributed by atoms with Crippen molar-refractivity contribution in [2.75, 3.05) is 7.11 Å². The van der Waals surface area contributed by atoms with E-state index in [0.29, 0.717) is 19.3 Å². The third kappa shape index (κ3) is 1.33. The molecule has 0 saturated heterocycles. The van der Waals surface area contributed by atoms with Crippen LogP contribution >= 0.6 is 0 Å². The normalized spacial score (nSPS) is 42.0. The Morgan fingerprint density at radius 2 is 1.92 bits per heavy atom. The summed E-state index contributed by atoms with van der Waals surface area (Å²) in [5.41, 5.74) is -0.436. The van der Waals surface area contributed by atoms with Crippen LogP contribution in [0, 0.1) is 5.41 Å². The largest absolute Gasteiger partial charge is 1.00 e. The zero-order valence-corrected chi connectivity index (χ0v) is 10.5. The number of hydrogen-bond acceptors (Lipinski definition) is 4. The number of rotatable bonds is 2. The van der Waals surface area contributed by atoms with Crippen molar-refractivity contribution < 1.29 is 47.9 Å². The topological polar surface area (TPSA) is 66.4 Å². The van der Waals surface area contributed by atoms with Crippen LogP contribution in [0.1, 0.15) is 19.3 Å². The zero-order chi connectivity index (χ0) is 8.98. The molecule has 2 bridgehead atoms. The van der Waals surface area contributed by atoms with Gasteiger partial charge in [-0.05, 0) is 30.3 Å². The molecule has 0 aliphatic heterocycles. The number of hydrogen-bond donors (Lipinski definition) is 0. The molecule has 0 heterocycles. The van der Waals surface area contributed by atoms with Crippen LogP contribution in [0.15, 0.2) is 0 Å². The fourth-order valence-corrected chi connectivity index (χ4v) is 3.49. The molecule has 3 aliphatic rings. The van der Waals surface area contributed by atoms with Crippen LogP contribution in [-0.2, 0) is 20.6 Å². The van der Waals surface area contributed by atoms with Gasteiger partial charge >= 0.3 is 35.5 Å². The van der Waals surface area contributed by atoms with Crippen LogP contribution in [0.25, 0.3) is 0 Å². The van der Waals surface area contributed by atoms with E-state index in [9.17, 15) is 13.6 Å². The monoisotopic (exact) mass is 212 g/mol. The van der Waals surface area contributed by atoms with E-state index < -0.39 is 21.2 Å². The maximum Gasteiger partial charge on any atom is 1.00 e. The van der Waals surface area contributed by atoms with Gasteiger partial charge in [0.15, 0.2) is 0 Å². The summed E-state index contributed by atoms with van der Waals surface area (Å²) in [7, 11) is 1.34. The zero-order valence-electron chi connectivity index (χ0n) is 7.66. The quantitative estimate of drug-likeness (QED) is 0.277. The van der Waals surface area contributed by atoms with E-state index in [1.807, 2.05) is 0 Å². The molecule has 3 saturated carbocycles. The average Bonchev–Trinajstić information content (AvgIpc) is 1.80. The van der Waals surface area contributed by atoms with Gasteiger partial charge in [0.2, 0.25) is 0 Å². The maximum atomic E-state index is 11.1. The molecular formula is C7H9NaO4S. The van der Waals surface area contributed by atoms with Gasteiger partial charge in [0.25, 0.3) is 0 Å². The van der Waals surface area contributed by atoms with Crippen molar-refractivity contribution in [1.29, 1.82) is 0 Å². The van der Waals surface area contributed by atoms with E-state index in [2.05, 4.69) is 4.74 Å². The van der Waals surface area contributed by atoms with Crippen LogP contribution in [0.5, 0.6) is 0 Å². The predicted octanol–water partition coefficient (Wildman–Crippen LogP) is -3.03. The van der Waals surface area contributed by atoms with Crippen molar-refractivity contribution in [1.82, 2.24) is 0 Å². The van der Waals surface area contributed by atoms with E-state index >= 15 is 0 Å². The smallest absolute Gasteiger partial charge is 0.772 e. The Labute approximate surface area is 101 Å². The van der Waals surface area contributed by atoms with Gasteiger partial charge in [-0.3, -0.25) is 9.00 Å². The Hall–Kier alpha value is 0.580. The summed E-state index contributed by atoms with van der Waals surface area (Å²) in [6, 6.07) is 0. The molecule has 0 N–H and O–H groups in total. The molecule has 0 radical (unpaired) electrons. The summed E-state index contributed by atoms with van der Waals surface area (Å²) >= 11 is -2.03. The first kappa shape index (κ1) is 11.7. The van der Waals surface area contributed by atoms with Crippen LogP contribution in [-0.4, -0.2) is 26.6 Å². The van der Waals surface area contributed by atoms with Gasteiger partial charge < -0.3 is 9.29 Å². The molecule has 68 valence electrons. The van der Waals surface area contributed by atoms with Crippen molar-refractivity contribution in [2.24, 2.45) is 5.41 Å². The van der Waals surface area contributed by atoms with Gasteiger partial charge in [0.1, 0.15) is 0 Å². The summed E-state index contributed by atoms with van der Waals surface area (Å²) in [6.07, 6.45) is 1.38.